The lowest BCUT2D eigenvalue weighted by Crippen LogP contribution is -2.27. The predicted molar refractivity (Wildman–Crippen MR) is 167 cm³/mol. The van der Waals surface area contributed by atoms with Gasteiger partial charge in [0.15, 0.2) is 0 Å². The van der Waals surface area contributed by atoms with Gasteiger partial charge in [-0.1, -0.05) is 23.7 Å². The first-order valence-electron chi connectivity index (χ1n) is 13.7. The summed E-state index contributed by atoms with van der Waals surface area (Å²) in [6.07, 6.45) is -4.19. The minimum Gasteiger partial charge on any atom is -0.491 e. The minimum absolute atomic E-state index is 0.0284. The summed E-state index contributed by atoms with van der Waals surface area (Å²) in [5, 5.41) is 20.8. The van der Waals surface area contributed by atoms with E-state index >= 15 is 0 Å². The van der Waals surface area contributed by atoms with Crippen LogP contribution in [0, 0.1) is 18.3 Å². The summed E-state index contributed by atoms with van der Waals surface area (Å²) in [5.74, 6) is -0.781. The predicted octanol–water partition coefficient (Wildman–Crippen LogP) is 7.01. The first-order valence-corrected chi connectivity index (χ1v) is 14.9. The van der Waals surface area contributed by atoms with Crippen LogP contribution < -0.4 is 10.3 Å². The lowest BCUT2D eigenvalue weighted by Gasteiger charge is -2.17. The number of carboxylic acids is 1. The highest BCUT2D eigenvalue weighted by molar-refractivity contribution is 7.18. The summed E-state index contributed by atoms with van der Waals surface area (Å²) in [6.45, 7) is 2.40. The van der Waals surface area contributed by atoms with Gasteiger partial charge >= 0.3 is 12.1 Å². The van der Waals surface area contributed by atoms with Crippen molar-refractivity contribution in [2.75, 3.05) is 27.2 Å². The van der Waals surface area contributed by atoms with Crippen molar-refractivity contribution in [3.8, 4) is 22.9 Å². The molecular weight excluding hydrogens is 629 g/mol. The Hall–Kier alpha value is -4.44. The number of aromatic nitrogens is 2. The molecule has 0 bridgehead atoms. The second-order valence-corrected chi connectivity index (χ2v) is 11.9. The number of halogens is 4. The van der Waals surface area contributed by atoms with Crippen molar-refractivity contribution in [2.45, 2.75) is 26.1 Å². The zero-order valence-corrected chi connectivity index (χ0v) is 25.9. The number of benzene rings is 3. The maximum absolute atomic E-state index is 13.9. The SMILES string of the molecule is Cc1nc2ccc(CCN(C)C)c(C#N)c2c(=O)n1CCOc1ccc(Cl)cc1-c1ccc(C(F)(F)F)c2c(C(=O)O)csc12. The number of ether oxygens (including phenoxy) is 1. The van der Waals surface area contributed by atoms with E-state index in [1.165, 1.54) is 22.1 Å². The highest BCUT2D eigenvalue weighted by Gasteiger charge is 2.35. The number of rotatable bonds is 9. The van der Waals surface area contributed by atoms with E-state index in [0.717, 1.165) is 23.0 Å². The van der Waals surface area contributed by atoms with Crippen LogP contribution in [0.5, 0.6) is 5.75 Å². The summed E-state index contributed by atoms with van der Waals surface area (Å²) in [6, 6.07) is 12.5. The first kappa shape index (κ1) is 32.0. The largest absolute Gasteiger partial charge is 0.491 e. The Morgan fingerprint density at radius 3 is 2.58 bits per heavy atom. The average Bonchev–Trinajstić information content (AvgIpc) is 3.42. The molecule has 45 heavy (non-hydrogen) atoms. The number of hydrogen-bond acceptors (Lipinski definition) is 7. The van der Waals surface area contributed by atoms with E-state index < -0.39 is 28.7 Å². The molecule has 0 saturated heterocycles. The van der Waals surface area contributed by atoms with E-state index in [1.54, 1.807) is 25.1 Å². The molecule has 0 aliphatic rings. The molecule has 0 spiro atoms. The van der Waals surface area contributed by atoms with Gasteiger partial charge in [0.05, 0.1) is 34.1 Å². The number of thiophene rings is 1. The van der Waals surface area contributed by atoms with E-state index in [1.807, 2.05) is 25.1 Å². The molecule has 0 saturated carbocycles. The number of hydrogen-bond donors (Lipinski definition) is 1. The molecule has 1 N–H and O–H groups in total. The summed E-state index contributed by atoms with van der Waals surface area (Å²) in [4.78, 5) is 32.0. The molecule has 0 amide bonds. The Labute approximate surface area is 264 Å². The van der Waals surface area contributed by atoms with Crippen LogP contribution in [0.1, 0.15) is 32.9 Å². The van der Waals surface area contributed by atoms with Gasteiger partial charge in [0.25, 0.3) is 5.56 Å². The third kappa shape index (κ3) is 6.24. The Morgan fingerprint density at radius 2 is 1.91 bits per heavy atom. The van der Waals surface area contributed by atoms with Gasteiger partial charge in [0.1, 0.15) is 24.3 Å². The van der Waals surface area contributed by atoms with Crippen LogP contribution in [0.2, 0.25) is 5.02 Å². The number of alkyl halides is 3. The smallest absolute Gasteiger partial charge is 0.417 e. The fourth-order valence-electron chi connectivity index (χ4n) is 5.24. The van der Waals surface area contributed by atoms with Crippen LogP contribution in [-0.4, -0.2) is 52.8 Å². The first-order chi connectivity index (χ1) is 21.3. The Bertz CT molecular complexity index is 2060. The third-order valence-corrected chi connectivity index (χ3v) is 8.65. The van der Waals surface area contributed by atoms with Gasteiger partial charge in [-0.05, 0) is 63.3 Å². The van der Waals surface area contributed by atoms with Crippen molar-refractivity contribution >= 4 is 49.9 Å². The van der Waals surface area contributed by atoms with Crippen molar-refractivity contribution in [1.29, 1.82) is 5.26 Å². The van der Waals surface area contributed by atoms with E-state index in [2.05, 4.69) is 11.1 Å². The molecule has 5 aromatic rings. The number of carbonyl (C=O) groups is 1. The Kier molecular flexibility index (Phi) is 8.89. The van der Waals surface area contributed by atoms with Gasteiger partial charge < -0.3 is 14.7 Å². The van der Waals surface area contributed by atoms with Crippen LogP contribution in [0.3, 0.4) is 0 Å². The van der Waals surface area contributed by atoms with Crippen molar-refractivity contribution in [3.05, 3.63) is 91.3 Å². The van der Waals surface area contributed by atoms with E-state index in [-0.39, 0.29) is 40.1 Å². The quantitative estimate of drug-likeness (QED) is 0.182. The molecule has 0 aliphatic carbocycles. The highest BCUT2D eigenvalue weighted by Crippen LogP contribution is 2.45. The normalized spacial score (nSPS) is 11.8. The number of aryl methyl sites for hydroxylation is 1. The molecule has 232 valence electrons. The van der Waals surface area contributed by atoms with Crippen LogP contribution in [0.4, 0.5) is 13.2 Å². The maximum atomic E-state index is 13.9. The second kappa shape index (κ2) is 12.5. The van der Waals surface area contributed by atoms with Gasteiger partial charge in [0.2, 0.25) is 0 Å². The molecule has 5 rings (SSSR count). The van der Waals surface area contributed by atoms with Crippen molar-refractivity contribution in [2.24, 2.45) is 0 Å². The highest BCUT2D eigenvalue weighted by atomic mass is 35.5. The number of aromatic carboxylic acids is 1. The number of carboxylic acid groups (broad SMARTS) is 1. The van der Waals surface area contributed by atoms with Crippen LogP contribution >= 0.6 is 22.9 Å². The van der Waals surface area contributed by atoms with Crippen molar-refractivity contribution < 1.29 is 27.8 Å². The van der Waals surface area contributed by atoms with Crippen molar-refractivity contribution in [1.82, 2.24) is 14.5 Å². The van der Waals surface area contributed by atoms with Crippen LogP contribution in [0.15, 0.2) is 52.6 Å². The molecular formula is C32H26ClF3N4O4S. The lowest BCUT2D eigenvalue weighted by atomic mass is 9.97. The molecule has 13 heteroatoms. The van der Waals surface area contributed by atoms with Gasteiger partial charge in [0, 0.05) is 38.2 Å². The molecule has 0 atom stereocenters. The standard InChI is InChI=1S/C32H26ClF3N4O4S/c1-17-38-25-8-4-18(10-11-39(2)3)22(15-37)28(25)30(41)40(17)12-13-44-26-9-5-19(33)14-21(26)20-6-7-24(32(34,35)36)27-23(31(42)43)16-45-29(20)27/h4-9,14,16H,10-13H2,1-3H3,(H,42,43). The minimum atomic E-state index is -4.77. The van der Waals surface area contributed by atoms with Gasteiger partial charge in [-0.2, -0.15) is 18.4 Å². The van der Waals surface area contributed by atoms with Gasteiger partial charge in [-0.25, -0.2) is 9.78 Å². The van der Waals surface area contributed by atoms with Crippen LogP contribution in [-0.2, 0) is 19.1 Å². The maximum Gasteiger partial charge on any atom is 0.417 e. The fraction of sp³-hybridized carbons (Fsp3) is 0.250. The van der Waals surface area contributed by atoms with E-state index in [0.29, 0.717) is 40.5 Å². The Balaban J connectivity index is 1.51. The molecule has 0 radical (unpaired) electrons. The van der Waals surface area contributed by atoms with E-state index in [4.69, 9.17) is 16.3 Å². The molecule has 3 aromatic carbocycles. The monoisotopic (exact) mass is 654 g/mol. The topological polar surface area (TPSA) is 108 Å². The molecule has 2 aromatic heterocycles. The zero-order chi connectivity index (χ0) is 32.6. The number of fused-ring (bicyclic) bond motifs is 2. The summed E-state index contributed by atoms with van der Waals surface area (Å²) in [7, 11) is 3.84. The second-order valence-electron chi connectivity index (χ2n) is 10.6. The molecule has 8 nitrogen and oxygen atoms in total. The number of nitrogens with zero attached hydrogens (tertiary/aromatic N) is 4. The number of nitriles is 1. The molecule has 0 fully saturated rings. The summed E-state index contributed by atoms with van der Waals surface area (Å²) < 4.78 is 49.2. The van der Waals surface area contributed by atoms with Crippen LogP contribution in [0.25, 0.3) is 32.1 Å². The van der Waals surface area contributed by atoms with Gasteiger partial charge in [-0.15, -0.1) is 11.3 Å². The van der Waals surface area contributed by atoms with Crippen molar-refractivity contribution in [3.63, 3.8) is 0 Å². The Morgan fingerprint density at radius 1 is 1.16 bits per heavy atom. The zero-order valence-electron chi connectivity index (χ0n) is 24.3. The molecule has 0 aliphatic heterocycles. The summed E-state index contributed by atoms with van der Waals surface area (Å²) in [5.41, 5.74) is 0.240. The average molecular weight is 655 g/mol. The fourth-order valence-corrected chi connectivity index (χ4v) is 6.51. The number of likely N-dealkylation sites (N-methyl/N-ethyl adjacent to an activating group) is 1. The lowest BCUT2D eigenvalue weighted by molar-refractivity contribution is -0.136. The molecule has 2 heterocycles. The van der Waals surface area contributed by atoms with E-state index in [9.17, 15) is 33.1 Å². The third-order valence-electron chi connectivity index (χ3n) is 7.40. The van der Waals surface area contributed by atoms with Gasteiger partial charge in [-0.3, -0.25) is 9.36 Å². The summed E-state index contributed by atoms with van der Waals surface area (Å²) >= 11 is 7.16. The molecule has 0 unspecified atom stereocenters.